The number of fused-ring (bicyclic) bond motifs is 1. The van der Waals surface area contributed by atoms with Crippen LogP contribution < -0.4 is 4.74 Å². The predicted octanol–water partition coefficient (Wildman–Crippen LogP) is 5.00. The molecule has 6 nitrogen and oxygen atoms in total. The molecule has 1 amide bonds. The zero-order valence-electron chi connectivity index (χ0n) is 17.7. The fraction of sp³-hybridized carbons (Fsp3) is 0.160. The lowest BCUT2D eigenvalue weighted by Gasteiger charge is -2.25. The van der Waals surface area contributed by atoms with E-state index in [9.17, 15) is 9.18 Å². The Morgan fingerprint density at radius 3 is 2.66 bits per heavy atom. The number of hydrogen-bond acceptors (Lipinski definition) is 4. The molecule has 1 atom stereocenters. The third-order valence-corrected chi connectivity index (χ3v) is 5.96. The Hall–Kier alpha value is -4.00. The Morgan fingerprint density at radius 2 is 1.91 bits per heavy atom. The SMILES string of the molecule is COc1cccc([C@@H](C)N2Cc3c(cc(-c4cn[nH]c4)cc3-c3cncc(F)c3)C2=O)c1. The fourth-order valence-corrected chi connectivity index (χ4v) is 4.22. The van der Waals surface area contributed by atoms with Crippen molar-refractivity contribution >= 4 is 5.91 Å². The minimum absolute atomic E-state index is 0.0636. The summed E-state index contributed by atoms with van der Waals surface area (Å²) in [7, 11) is 1.62. The van der Waals surface area contributed by atoms with Crippen molar-refractivity contribution in [2.75, 3.05) is 7.11 Å². The average molecular weight is 428 g/mol. The molecule has 0 fully saturated rings. The molecule has 1 aliphatic heterocycles. The lowest BCUT2D eigenvalue weighted by atomic mass is 9.93. The van der Waals surface area contributed by atoms with Crippen molar-refractivity contribution in [3.63, 3.8) is 0 Å². The van der Waals surface area contributed by atoms with Gasteiger partial charge in [0.1, 0.15) is 11.6 Å². The van der Waals surface area contributed by atoms with Gasteiger partial charge in [0.25, 0.3) is 5.91 Å². The lowest BCUT2D eigenvalue weighted by molar-refractivity contribution is 0.0715. The standard InChI is InChI=1S/C25H21FN4O2/c1-15(16-4-3-5-21(7-16)32-2)30-14-24-22(18-6-20(26)13-27-10-18)8-17(9-23(24)25(30)31)19-11-28-29-12-19/h3-13,15H,14H2,1-2H3,(H,28,29)/t15-/m1/s1. The zero-order valence-corrected chi connectivity index (χ0v) is 17.7. The first-order valence-corrected chi connectivity index (χ1v) is 10.3. The summed E-state index contributed by atoms with van der Waals surface area (Å²) in [4.78, 5) is 19.4. The maximum absolute atomic E-state index is 14.0. The number of carbonyl (C=O) groups excluding carboxylic acids is 1. The Morgan fingerprint density at radius 1 is 1.06 bits per heavy atom. The lowest BCUT2D eigenvalue weighted by Crippen LogP contribution is -2.27. The number of aromatic nitrogens is 3. The van der Waals surface area contributed by atoms with Gasteiger partial charge in [-0.15, -0.1) is 0 Å². The van der Waals surface area contributed by atoms with Crippen molar-refractivity contribution in [1.82, 2.24) is 20.1 Å². The molecule has 2 aromatic carbocycles. The van der Waals surface area contributed by atoms with Gasteiger partial charge in [0.05, 0.1) is 25.5 Å². The van der Waals surface area contributed by atoms with Crippen LogP contribution in [0.2, 0.25) is 0 Å². The summed E-state index contributed by atoms with van der Waals surface area (Å²) in [5, 5.41) is 6.83. The molecule has 3 heterocycles. The van der Waals surface area contributed by atoms with Crippen LogP contribution in [0, 0.1) is 5.82 Å². The number of halogens is 1. The van der Waals surface area contributed by atoms with Crippen LogP contribution in [0.3, 0.4) is 0 Å². The van der Waals surface area contributed by atoms with Gasteiger partial charge < -0.3 is 9.64 Å². The van der Waals surface area contributed by atoms with Crippen LogP contribution in [0.15, 0.2) is 67.3 Å². The molecular weight excluding hydrogens is 407 g/mol. The molecule has 0 spiro atoms. The Balaban J connectivity index is 1.61. The number of rotatable bonds is 5. The van der Waals surface area contributed by atoms with Crippen LogP contribution in [0.5, 0.6) is 5.75 Å². The summed E-state index contributed by atoms with van der Waals surface area (Å²) in [5.41, 5.74) is 5.57. The van der Waals surface area contributed by atoms with Crippen molar-refractivity contribution in [3.8, 4) is 28.0 Å². The molecular formula is C25H21FN4O2. The fourth-order valence-electron chi connectivity index (χ4n) is 4.22. The van der Waals surface area contributed by atoms with Crippen LogP contribution in [0.25, 0.3) is 22.3 Å². The third-order valence-electron chi connectivity index (χ3n) is 5.96. The Labute approximate surface area is 184 Å². The maximum Gasteiger partial charge on any atom is 0.255 e. The van der Waals surface area contributed by atoms with E-state index in [2.05, 4.69) is 15.2 Å². The molecule has 0 bridgehead atoms. The number of nitrogens with zero attached hydrogens (tertiary/aromatic N) is 3. The van der Waals surface area contributed by atoms with Gasteiger partial charge in [0.15, 0.2) is 0 Å². The normalized spacial score (nSPS) is 13.8. The van der Waals surface area contributed by atoms with Gasteiger partial charge in [0.2, 0.25) is 0 Å². The summed E-state index contributed by atoms with van der Waals surface area (Å²) in [6.45, 7) is 2.42. The van der Waals surface area contributed by atoms with Gasteiger partial charge in [-0.25, -0.2) is 4.39 Å². The number of hydrogen-bond donors (Lipinski definition) is 1. The van der Waals surface area contributed by atoms with E-state index >= 15 is 0 Å². The molecule has 7 heteroatoms. The summed E-state index contributed by atoms with van der Waals surface area (Å²) >= 11 is 0. The van der Waals surface area contributed by atoms with Gasteiger partial charge in [-0.3, -0.25) is 14.9 Å². The van der Waals surface area contributed by atoms with Gasteiger partial charge in [-0.2, -0.15) is 5.10 Å². The summed E-state index contributed by atoms with van der Waals surface area (Å²) < 4.78 is 19.3. The number of carbonyl (C=O) groups is 1. The van der Waals surface area contributed by atoms with Crippen LogP contribution in [-0.2, 0) is 6.54 Å². The largest absolute Gasteiger partial charge is 0.497 e. The number of H-pyrrole nitrogens is 1. The van der Waals surface area contributed by atoms with Crippen molar-refractivity contribution in [1.29, 1.82) is 0 Å². The predicted molar refractivity (Wildman–Crippen MR) is 118 cm³/mol. The number of nitrogens with one attached hydrogen (secondary N) is 1. The molecule has 5 rings (SSSR count). The van der Waals surface area contributed by atoms with Crippen LogP contribution in [0.4, 0.5) is 4.39 Å². The second-order valence-electron chi connectivity index (χ2n) is 7.81. The number of benzene rings is 2. The number of amides is 1. The monoisotopic (exact) mass is 428 g/mol. The van der Waals surface area contributed by atoms with Crippen molar-refractivity contribution in [2.45, 2.75) is 19.5 Å². The van der Waals surface area contributed by atoms with E-state index in [-0.39, 0.29) is 11.9 Å². The van der Waals surface area contributed by atoms with E-state index in [1.807, 2.05) is 48.2 Å². The molecule has 32 heavy (non-hydrogen) atoms. The minimum Gasteiger partial charge on any atom is -0.497 e. The van der Waals surface area contributed by atoms with E-state index in [4.69, 9.17) is 4.74 Å². The summed E-state index contributed by atoms with van der Waals surface area (Å²) in [6.07, 6.45) is 6.26. The highest BCUT2D eigenvalue weighted by Gasteiger charge is 2.34. The van der Waals surface area contributed by atoms with Crippen LogP contribution >= 0.6 is 0 Å². The van der Waals surface area contributed by atoms with Crippen molar-refractivity contribution in [2.24, 2.45) is 0 Å². The van der Waals surface area contributed by atoms with Gasteiger partial charge in [0, 0.05) is 35.6 Å². The number of pyridine rings is 1. The zero-order chi connectivity index (χ0) is 22.2. The van der Waals surface area contributed by atoms with Crippen LogP contribution in [-0.4, -0.2) is 33.1 Å². The number of methoxy groups -OCH3 is 1. The third kappa shape index (κ3) is 3.41. The number of aromatic amines is 1. The highest BCUT2D eigenvalue weighted by molar-refractivity contribution is 6.02. The topological polar surface area (TPSA) is 71.1 Å². The molecule has 4 aromatic rings. The van der Waals surface area contributed by atoms with E-state index in [1.54, 1.807) is 25.7 Å². The molecule has 1 N–H and O–H groups in total. The van der Waals surface area contributed by atoms with Gasteiger partial charge >= 0.3 is 0 Å². The van der Waals surface area contributed by atoms with Gasteiger partial charge in [-0.05, 0) is 59.5 Å². The summed E-state index contributed by atoms with van der Waals surface area (Å²) in [5.74, 6) is 0.259. The highest BCUT2D eigenvalue weighted by Crippen LogP contribution is 2.40. The number of ether oxygens (including phenoxy) is 1. The van der Waals surface area contributed by atoms with E-state index in [0.717, 1.165) is 33.6 Å². The molecule has 0 aliphatic carbocycles. The molecule has 160 valence electrons. The Bertz CT molecular complexity index is 1300. The summed E-state index contributed by atoms with van der Waals surface area (Å²) in [6, 6.07) is 12.8. The van der Waals surface area contributed by atoms with E-state index < -0.39 is 5.82 Å². The molecule has 0 saturated heterocycles. The first-order valence-electron chi connectivity index (χ1n) is 10.3. The van der Waals surface area contributed by atoms with Crippen molar-refractivity contribution in [3.05, 3.63) is 89.8 Å². The molecule has 0 saturated carbocycles. The van der Waals surface area contributed by atoms with Crippen molar-refractivity contribution < 1.29 is 13.9 Å². The first kappa shape index (κ1) is 19.9. The van der Waals surface area contributed by atoms with E-state index in [0.29, 0.717) is 17.7 Å². The minimum atomic E-state index is -0.420. The average Bonchev–Trinajstić information content (AvgIpc) is 3.47. The molecule has 1 aliphatic rings. The van der Waals surface area contributed by atoms with Crippen LogP contribution in [0.1, 0.15) is 34.5 Å². The van der Waals surface area contributed by atoms with E-state index in [1.165, 1.54) is 12.3 Å². The second-order valence-corrected chi connectivity index (χ2v) is 7.81. The smallest absolute Gasteiger partial charge is 0.255 e. The first-order chi connectivity index (χ1) is 15.5. The van der Waals surface area contributed by atoms with Gasteiger partial charge in [-0.1, -0.05) is 12.1 Å². The highest BCUT2D eigenvalue weighted by atomic mass is 19.1. The molecule has 2 aromatic heterocycles. The Kier molecular flexibility index (Phi) is 4.93. The quantitative estimate of drug-likeness (QED) is 0.485. The molecule has 0 unspecified atom stereocenters. The molecule has 0 radical (unpaired) electrons. The maximum atomic E-state index is 14.0. The second kappa shape index (κ2) is 7.92.